The molecule has 0 spiro atoms. The molecule has 37 heavy (non-hydrogen) atoms. The number of methoxy groups -OCH3 is 1. The predicted octanol–water partition coefficient (Wildman–Crippen LogP) is 4.85. The van der Waals surface area contributed by atoms with Crippen LogP contribution >= 0.6 is 11.3 Å². The number of benzene rings is 1. The maximum atomic E-state index is 12.5. The van der Waals surface area contributed by atoms with Crippen LogP contribution in [0.2, 0.25) is 0 Å². The van der Waals surface area contributed by atoms with Gasteiger partial charge in [0.25, 0.3) is 5.91 Å². The lowest BCUT2D eigenvalue weighted by atomic mass is 10.1. The highest BCUT2D eigenvalue weighted by atomic mass is 32.1. The number of rotatable bonds is 15. The molecule has 0 aliphatic carbocycles. The lowest BCUT2D eigenvalue weighted by molar-refractivity contribution is -0.140. The molecule has 1 amide bonds. The second-order valence-electron chi connectivity index (χ2n) is 8.48. The summed E-state index contributed by atoms with van der Waals surface area (Å²) in [6.07, 6.45) is 6.08. The Morgan fingerprint density at radius 1 is 1.14 bits per heavy atom. The number of carbonyl (C=O) groups is 3. The number of allylic oxidation sites excluding steroid dienone is 2. The van der Waals surface area contributed by atoms with Crippen LogP contribution in [0.4, 0.5) is 0 Å². The molecule has 1 atom stereocenters. The third kappa shape index (κ3) is 10.3. The molecule has 2 rings (SSSR count). The van der Waals surface area contributed by atoms with E-state index in [1.165, 1.54) is 18.4 Å². The number of hydrogen-bond acceptors (Lipinski definition) is 8. The maximum Gasteiger partial charge on any atom is 0.333 e. The highest BCUT2D eigenvalue weighted by molar-refractivity contribution is 7.09. The van der Waals surface area contributed by atoms with Crippen molar-refractivity contribution in [3.05, 3.63) is 63.1 Å². The van der Waals surface area contributed by atoms with E-state index < -0.39 is 17.7 Å². The maximum absolute atomic E-state index is 12.5. The minimum atomic E-state index is -0.720. The Morgan fingerprint density at radius 3 is 2.51 bits per heavy atom. The fourth-order valence-corrected chi connectivity index (χ4v) is 4.20. The summed E-state index contributed by atoms with van der Waals surface area (Å²) in [7, 11) is 1.37. The Hall–Kier alpha value is -3.30. The molecular weight excluding hydrogens is 492 g/mol. The number of thiazole rings is 1. The third-order valence-corrected chi connectivity index (χ3v) is 6.20. The van der Waals surface area contributed by atoms with Crippen molar-refractivity contribution in [1.82, 2.24) is 10.3 Å². The quantitative estimate of drug-likeness (QED) is 0.116. The van der Waals surface area contributed by atoms with E-state index in [4.69, 9.17) is 14.2 Å². The van der Waals surface area contributed by atoms with Crippen LogP contribution in [0, 0.1) is 0 Å². The first-order valence-electron chi connectivity index (χ1n) is 12.3. The van der Waals surface area contributed by atoms with Crippen LogP contribution in [-0.4, -0.2) is 49.6 Å². The van der Waals surface area contributed by atoms with Gasteiger partial charge in [0.05, 0.1) is 24.9 Å². The molecule has 9 heteroatoms. The van der Waals surface area contributed by atoms with Crippen molar-refractivity contribution in [3.8, 4) is 5.75 Å². The molecule has 0 aliphatic rings. The fraction of sp³-hybridized carbons (Fsp3) is 0.429. The summed E-state index contributed by atoms with van der Waals surface area (Å²) in [5.74, 6) is -0.946. The van der Waals surface area contributed by atoms with Crippen molar-refractivity contribution in [3.63, 3.8) is 0 Å². The van der Waals surface area contributed by atoms with Gasteiger partial charge in [-0.1, -0.05) is 25.5 Å². The smallest absolute Gasteiger partial charge is 0.333 e. The van der Waals surface area contributed by atoms with E-state index in [1.54, 1.807) is 19.9 Å². The minimum Gasteiger partial charge on any atom is -0.494 e. The van der Waals surface area contributed by atoms with Crippen molar-refractivity contribution in [2.45, 2.75) is 53.0 Å². The summed E-state index contributed by atoms with van der Waals surface area (Å²) < 4.78 is 15.6. The monoisotopic (exact) mass is 528 g/mol. The number of unbranched alkanes of at least 4 members (excludes halogenated alkanes) is 1. The number of nitrogens with one attached hydrogen (secondary N) is 1. The molecule has 0 fully saturated rings. The van der Waals surface area contributed by atoms with E-state index in [9.17, 15) is 14.4 Å². The molecule has 0 saturated carbocycles. The fourth-order valence-electron chi connectivity index (χ4n) is 3.37. The molecule has 0 aliphatic heterocycles. The minimum absolute atomic E-state index is 0.292. The van der Waals surface area contributed by atoms with Gasteiger partial charge in [-0.15, -0.1) is 11.3 Å². The van der Waals surface area contributed by atoms with Gasteiger partial charge in [0.1, 0.15) is 17.4 Å². The molecule has 1 heterocycles. The number of ketones is 1. The van der Waals surface area contributed by atoms with E-state index in [0.29, 0.717) is 35.9 Å². The summed E-state index contributed by atoms with van der Waals surface area (Å²) in [6.45, 7) is 8.13. The van der Waals surface area contributed by atoms with Gasteiger partial charge < -0.3 is 19.5 Å². The van der Waals surface area contributed by atoms with Gasteiger partial charge in [-0.2, -0.15) is 0 Å². The van der Waals surface area contributed by atoms with Gasteiger partial charge in [0.15, 0.2) is 0 Å². The zero-order chi connectivity index (χ0) is 27.2. The van der Waals surface area contributed by atoms with Crippen LogP contribution in [0.15, 0.2) is 46.9 Å². The molecule has 1 aromatic heterocycles. The molecule has 0 bridgehead atoms. The van der Waals surface area contributed by atoms with Crippen LogP contribution in [0.1, 0.15) is 62.8 Å². The zero-order valence-corrected chi connectivity index (χ0v) is 23.0. The number of carbonyl (C=O) groups excluding carboxylic acids is 3. The highest BCUT2D eigenvalue weighted by Gasteiger charge is 2.22. The number of ether oxygens (including phenoxy) is 3. The average molecular weight is 529 g/mol. The number of hydrogen-bond donors (Lipinski definition) is 1. The van der Waals surface area contributed by atoms with Crippen molar-refractivity contribution in [2.75, 3.05) is 26.9 Å². The summed E-state index contributed by atoms with van der Waals surface area (Å²) in [6, 6.07) is 7.18. The molecule has 8 nitrogen and oxygen atoms in total. The summed E-state index contributed by atoms with van der Waals surface area (Å²) in [5, 5.41) is 5.33. The SMILES string of the molecule is CCCCOc1ccc(C[C@H](NC(=O)C(=O)COC)c2nc(/C=C(C)/C=C(/C)C(=O)OCC)cs2)cc1. The second-order valence-corrected chi connectivity index (χ2v) is 9.37. The Balaban J connectivity index is 2.23. The van der Waals surface area contributed by atoms with Crippen LogP contribution in [0.25, 0.3) is 6.08 Å². The van der Waals surface area contributed by atoms with Gasteiger partial charge in [-0.05, 0) is 69.0 Å². The van der Waals surface area contributed by atoms with Gasteiger partial charge in [0, 0.05) is 18.1 Å². The second kappa shape index (κ2) is 15.7. The van der Waals surface area contributed by atoms with Gasteiger partial charge in [-0.25, -0.2) is 9.78 Å². The molecule has 200 valence electrons. The Kier molecular flexibility index (Phi) is 12.7. The Bertz CT molecular complexity index is 1100. The molecule has 0 saturated heterocycles. The van der Waals surface area contributed by atoms with Crippen molar-refractivity contribution >= 4 is 35.1 Å². The normalized spacial score (nSPS) is 12.7. The standard InChI is InChI=1S/C28H36N2O6S/c1-6-8-13-36-23-11-9-21(10-12-23)16-24(30-26(32)25(31)17-34-5)27-29-22(18-37-27)15-19(3)14-20(4)28(33)35-7-2/h9-12,14-15,18,24H,6-8,13,16-17H2,1-5H3,(H,30,32)/b19-15+,20-14-/t24-/m0/s1. The van der Waals surface area contributed by atoms with Crippen LogP contribution in [0.3, 0.4) is 0 Å². The van der Waals surface area contributed by atoms with E-state index in [-0.39, 0.29) is 12.6 Å². The first kappa shape index (κ1) is 29.9. The van der Waals surface area contributed by atoms with Gasteiger partial charge in [0.2, 0.25) is 5.78 Å². The van der Waals surface area contributed by atoms with Crippen LogP contribution in [0.5, 0.6) is 5.75 Å². The number of aromatic nitrogens is 1. The number of amides is 1. The molecule has 2 aromatic rings. The topological polar surface area (TPSA) is 104 Å². The number of esters is 1. The lowest BCUT2D eigenvalue weighted by Gasteiger charge is -2.16. The van der Waals surface area contributed by atoms with E-state index >= 15 is 0 Å². The van der Waals surface area contributed by atoms with E-state index in [0.717, 1.165) is 29.7 Å². The van der Waals surface area contributed by atoms with E-state index in [2.05, 4.69) is 17.2 Å². The van der Waals surface area contributed by atoms with Crippen molar-refractivity contribution in [2.24, 2.45) is 0 Å². The molecule has 1 N–H and O–H groups in total. The Morgan fingerprint density at radius 2 is 1.86 bits per heavy atom. The first-order chi connectivity index (χ1) is 17.8. The zero-order valence-electron chi connectivity index (χ0n) is 22.2. The predicted molar refractivity (Wildman–Crippen MR) is 144 cm³/mol. The van der Waals surface area contributed by atoms with Crippen LogP contribution < -0.4 is 10.1 Å². The molecule has 0 unspecified atom stereocenters. The molecule has 0 radical (unpaired) electrons. The average Bonchev–Trinajstić information content (AvgIpc) is 3.33. The van der Waals surface area contributed by atoms with Gasteiger partial charge in [-0.3, -0.25) is 9.59 Å². The largest absolute Gasteiger partial charge is 0.494 e. The van der Waals surface area contributed by atoms with Crippen LogP contribution in [-0.2, 0) is 30.3 Å². The highest BCUT2D eigenvalue weighted by Crippen LogP contribution is 2.25. The summed E-state index contributed by atoms with van der Waals surface area (Å²) >= 11 is 1.39. The Labute approximate surface area is 222 Å². The number of Topliss-reactive ketones (excluding diaryl/α,β-unsaturated/α-hetero) is 1. The third-order valence-electron chi connectivity index (χ3n) is 5.22. The van der Waals surface area contributed by atoms with Crippen molar-refractivity contribution in [1.29, 1.82) is 0 Å². The molecule has 1 aromatic carbocycles. The first-order valence-corrected chi connectivity index (χ1v) is 13.2. The van der Waals surface area contributed by atoms with E-state index in [1.807, 2.05) is 42.6 Å². The van der Waals surface area contributed by atoms with Crippen molar-refractivity contribution < 1.29 is 28.6 Å². The molecular formula is C28H36N2O6S. The van der Waals surface area contributed by atoms with Gasteiger partial charge >= 0.3 is 5.97 Å². The summed E-state index contributed by atoms with van der Waals surface area (Å²) in [4.78, 5) is 41.1. The summed E-state index contributed by atoms with van der Waals surface area (Å²) in [5.41, 5.74) is 2.98. The number of nitrogens with zero attached hydrogens (tertiary/aromatic N) is 1. The lowest BCUT2D eigenvalue weighted by Crippen LogP contribution is -2.37.